The highest BCUT2D eigenvalue weighted by atomic mass is 31.2. The lowest BCUT2D eigenvalue weighted by Gasteiger charge is -2.25. The summed E-state index contributed by atoms with van der Waals surface area (Å²) in [6, 6.07) is 0. The van der Waals surface area contributed by atoms with Crippen LogP contribution in [0, 0.1) is 0 Å². The minimum atomic E-state index is -4.99. The molecule has 4 atom stereocenters. The molecule has 1 aliphatic heterocycles. The first-order valence-corrected chi connectivity index (χ1v) is 8.23. The Morgan fingerprint density at radius 2 is 1.62 bits per heavy atom. The van der Waals surface area contributed by atoms with Crippen molar-refractivity contribution < 1.29 is 62.8 Å². The van der Waals surface area contributed by atoms with E-state index in [1.165, 1.54) is 0 Å². The smallest absolute Gasteiger partial charge is 0.384 e. The van der Waals surface area contributed by atoms with E-state index in [0.29, 0.717) is 0 Å². The van der Waals surface area contributed by atoms with Crippen molar-refractivity contribution in [1.82, 2.24) is 0 Å². The molecule has 0 unspecified atom stereocenters. The van der Waals surface area contributed by atoms with Crippen molar-refractivity contribution in [2.75, 3.05) is 13.2 Å². The predicted octanol–water partition coefficient (Wildman–Crippen LogP) is -2.49. The number of aliphatic hydroxyl groups is 2. The van der Waals surface area contributed by atoms with Gasteiger partial charge in [-0.3, -0.25) is 14.3 Å². The van der Waals surface area contributed by atoms with Crippen LogP contribution >= 0.6 is 15.6 Å². The van der Waals surface area contributed by atoms with Gasteiger partial charge in [-0.15, -0.1) is 0 Å². The maximum Gasteiger partial charge on any atom is 0.469 e. The first-order valence-electron chi connectivity index (χ1n) is 5.16. The van der Waals surface area contributed by atoms with E-state index >= 15 is 0 Å². The summed E-state index contributed by atoms with van der Waals surface area (Å²) in [5.41, 5.74) is 0. The highest BCUT2D eigenvalue weighted by Crippen LogP contribution is 2.41. The lowest BCUT2D eigenvalue weighted by molar-refractivity contribution is -0.302. The van der Waals surface area contributed by atoms with E-state index < -0.39 is 53.0 Å². The molecule has 1 fully saturated rings. The average Bonchev–Trinajstić information content (AvgIpc) is 2.56. The Morgan fingerprint density at radius 1 is 1.10 bits per heavy atom. The van der Waals surface area contributed by atoms with Crippen molar-refractivity contribution in [3.8, 4) is 0 Å². The third-order valence-corrected chi connectivity index (χ3v) is 3.41. The fourth-order valence-corrected chi connectivity index (χ4v) is 2.27. The van der Waals surface area contributed by atoms with Crippen molar-refractivity contribution >= 4 is 15.6 Å². The molecular weight excluding hydrogens is 342 g/mol. The summed E-state index contributed by atoms with van der Waals surface area (Å²) in [6.45, 7) is -2.10. The SMILES string of the molecule is O=P(O)(O)OC[C@H]1O[C@](O)(COP(=O)(O)O)[C@@H](O)[C@@H]1OO. The maximum absolute atomic E-state index is 10.5. The van der Waals surface area contributed by atoms with Crippen LogP contribution in [0.1, 0.15) is 0 Å². The number of phosphoric ester groups is 2. The molecule has 0 saturated carbocycles. The Kier molecular flexibility index (Phi) is 6.03. The molecule has 15 heteroatoms. The number of phosphoric acid groups is 2. The van der Waals surface area contributed by atoms with E-state index in [0.717, 1.165) is 0 Å². The van der Waals surface area contributed by atoms with E-state index in [1.807, 2.05) is 0 Å². The molecule has 13 nitrogen and oxygen atoms in total. The Balaban J connectivity index is 2.76. The Labute approximate surface area is 117 Å². The van der Waals surface area contributed by atoms with Crippen molar-refractivity contribution in [3.63, 3.8) is 0 Å². The molecule has 7 N–H and O–H groups in total. The standard InChI is InChI=1S/C6H14O13P2/c7-5-4(19-9)3(1-16-20(10,11)12)18-6(5,8)2-17-21(13,14)15/h3-5,7-9H,1-2H2,(H2,10,11,12)(H2,13,14,15)/t3-,4-,5+,6-/m1/s1. The van der Waals surface area contributed by atoms with Crippen LogP contribution in [0.4, 0.5) is 0 Å². The van der Waals surface area contributed by atoms with Gasteiger partial charge in [-0.2, -0.15) is 0 Å². The van der Waals surface area contributed by atoms with Crippen LogP contribution in [-0.4, -0.2) is 72.4 Å². The maximum atomic E-state index is 10.5. The second-order valence-electron chi connectivity index (χ2n) is 4.07. The van der Waals surface area contributed by atoms with Gasteiger partial charge in [-0.1, -0.05) is 0 Å². The number of hydrogen-bond acceptors (Lipinski definition) is 9. The fraction of sp³-hybridized carbons (Fsp3) is 1.00. The van der Waals surface area contributed by atoms with E-state index in [4.69, 9.17) is 29.6 Å². The number of aliphatic hydroxyl groups excluding tert-OH is 1. The Hall–Kier alpha value is 0.0200. The zero-order valence-corrected chi connectivity index (χ0v) is 11.9. The van der Waals surface area contributed by atoms with Gasteiger partial charge in [-0.05, 0) is 0 Å². The van der Waals surface area contributed by atoms with Gasteiger partial charge in [0.2, 0.25) is 5.79 Å². The van der Waals surface area contributed by atoms with Gasteiger partial charge in [-0.25, -0.2) is 14.0 Å². The van der Waals surface area contributed by atoms with Crippen LogP contribution in [0.2, 0.25) is 0 Å². The van der Waals surface area contributed by atoms with E-state index in [1.54, 1.807) is 0 Å². The molecule has 1 aliphatic rings. The second-order valence-corrected chi connectivity index (χ2v) is 6.55. The Morgan fingerprint density at radius 3 is 2.05 bits per heavy atom. The summed E-state index contributed by atoms with van der Waals surface area (Å²) in [6.07, 6.45) is -5.30. The topological polar surface area (TPSA) is 213 Å². The van der Waals surface area contributed by atoms with Crippen molar-refractivity contribution in [2.24, 2.45) is 0 Å². The summed E-state index contributed by atoms with van der Waals surface area (Å²) < 4.78 is 33.9. The zero-order valence-electron chi connectivity index (χ0n) is 10.1. The summed E-state index contributed by atoms with van der Waals surface area (Å²) in [5.74, 6) is -2.70. The van der Waals surface area contributed by atoms with Crippen molar-refractivity contribution in [1.29, 1.82) is 0 Å². The summed E-state index contributed by atoms with van der Waals surface area (Å²) in [4.78, 5) is 37.9. The molecule has 0 amide bonds. The average molecular weight is 356 g/mol. The number of hydrogen-bond donors (Lipinski definition) is 7. The van der Waals surface area contributed by atoms with Crippen molar-refractivity contribution in [3.05, 3.63) is 0 Å². The van der Waals surface area contributed by atoms with Gasteiger partial charge < -0.3 is 34.5 Å². The molecule has 0 radical (unpaired) electrons. The van der Waals surface area contributed by atoms with Crippen molar-refractivity contribution in [2.45, 2.75) is 24.1 Å². The summed E-state index contributed by atoms with van der Waals surface area (Å²) >= 11 is 0. The minimum Gasteiger partial charge on any atom is -0.384 e. The molecule has 0 aliphatic carbocycles. The number of rotatable bonds is 7. The highest BCUT2D eigenvalue weighted by Gasteiger charge is 2.56. The second kappa shape index (κ2) is 6.64. The van der Waals surface area contributed by atoms with Crippen LogP contribution < -0.4 is 0 Å². The zero-order chi connectivity index (χ0) is 16.5. The third-order valence-electron chi connectivity index (χ3n) is 2.46. The fourth-order valence-electron chi connectivity index (χ4n) is 1.58. The molecule has 1 saturated heterocycles. The molecule has 0 bridgehead atoms. The van der Waals surface area contributed by atoms with E-state index in [-0.39, 0.29) is 0 Å². The molecule has 1 rings (SSSR count). The van der Waals surface area contributed by atoms with Crippen LogP contribution in [0.3, 0.4) is 0 Å². The summed E-state index contributed by atoms with van der Waals surface area (Å²) in [7, 11) is -9.88. The van der Waals surface area contributed by atoms with Crippen LogP contribution in [0.5, 0.6) is 0 Å². The van der Waals surface area contributed by atoms with E-state index in [2.05, 4.69) is 13.9 Å². The molecule has 1 heterocycles. The van der Waals surface area contributed by atoms with Gasteiger partial charge in [0, 0.05) is 0 Å². The Bertz CT molecular complexity index is 442. The van der Waals surface area contributed by atoms with E-state index in [9.17, 15) is 19.3 Å². The van der Waals surface area contributed by atoms with Gasteiger partial charge in [0.05, 0.1) is 6.61 Å². The lowest BCUT2D eigenvalue weighted by Crippen LogP contribution is -2.47. The molecule has 0 aromatic carbocycles. The molecule has 126 valence electrons. The van der Waals surface area contributed by atoms with Gasteiger partial charge in [0.25, 0.3) is 0 Å². The predicted molar refractivity (Wildman–Crippen MR) is 59.3 cm³/mol. The van der Waals surface area contributed by atoms with Crippen LogP contribution in [0.15, 0.2) is 0 Å². The number of ether oxygens (including phenoxy) is 1. The highest BCUT2D eigenvalue weighted by molar-refractivity contribution is 7.46. The third kappa shape index (κ3) is 5.62. The molecular formula is C6H14O13P2. The monoisotopic (exact) mass is 356 g/mol. The van der Waals surface area contributed by atoms with Gasteiger partial charge in [0.1, 0.15) is 18.8 Å². The first kappa shape index (κ1) is 19.1. The quantitative estimate of drug-likeness (QED) is 0.143. The molecule has 0 aromatic rings. The normalized spacial score (nSPS) is 34.3. The van der Waals surface area contributed by atoms with Crippen LogP contribution in [0.25, 0.3) is 0 Å². The van der Waals surface area contributed by atoms with Gasteiger partial charge in [0.15, 0.2) is 6.10 Å². The lowest BCUT2D eigenvalue weighted by atomic mass is 10.1. The summed E-state index contributed by atoms with van der Waals surface area (Å²) in [5, 5.41) is 28.1. The largest absolute Gasteiger partial charge is 0.469 e. The van der Waals surface area contributed by atoms with Crippen LogP contribution in [-0.2, 0) is 27.8 Å². The molecule has 21 heavy (non-hydrogen) atoms. The molecule has 0 spiro atoms. The minimum absolute atomic E-state index is 0.898. The first-order chi connectivity index (χ1) is 9.38. The molecule has 0 aromatic heterocycles. The van der Waals surface area contributed by atoms with Gasteiger partial charge >= 0.3 is 15.6 Å².